The molecule has 0 bridgehead atoms. The van der Waals surface area contributed by atoms with Gasteiger partial charge in [-0.3, -0.25) is 14.4 Å². The number of ether oxygens (including phenoxy) is 1. The number of hydrogen-bond donors (Lipinski definition) is 2. The van der Waals surface area contributed by atoms with Crippen molar-refractivity contribution < 1.29 is 27.5 Å². The molecule has 1 aliphatic carbocycles. The highest BCUT2D eigenvalue weighted by Gasteiger charge is 2.35. The van der Waals surface area contributed by atoms with E-state index >= 15 is 0 Å². The summed E-state index contributed by atoms with van der Waals surface area (Å²) in [4.78, 5) is 43.4. The predicted molar refractivity (Wildman–Crippen MR) is 160 cm³/mol. The molecule has 3 aliphatic rings. The van der Waals surface area contributed by atoms with Gasteiger partial charge in [0, 0.05) is 48.8 Å². The van der Waals surface area contributed by atoms with Gasteiger partial charge in [0.15, 0.2) is 9.84 Å². The average molecular weight is 585 g/mol. The van der Waals surface area contributed by atoms with Crippen molar-refractivity contribution in [2.45, 2.75) is 38.9 Å². The topological polar surface area (TPSA) is 129 Å². The summed E-state index contributed by atoms with van der Waals surface area (Å²) in [7, 11) is -0.0244. The second-order valence-corrected chi connectivity index (χ2v) is 12.8. The Bertz CT molecular complexity index is 1440. The monoisotopic (exact) mass is 584 g/mol. The van der Waals surface area contributed by atoms with Crippen LogP contribution in [0, 0.1) is 13.8 Å². The van der Waals surface area contributed by atoms with Gasteiger partial charge in [0.2, 0.25) is 0 Å². The number of hydrogen-bond acceptors (Lipinski definition) is 7. The number of aromatic amines is 1. The number of carbonyl (C=O) groups excluding carboxylic acids is 3. The normalized spacial score (nSPS) is 19.8. The molecule has 0 radical (unpaired) electrons. The van der Waals surface area contributed by atoms with E-state index in [1.54, 1.807) is 25.2 Å². The summed E-state index contributed by atoms with van der Waals surface area (Å²) in [5.41, 5.74) is 5.03. The molecule has 0 spiro atoms. The minimum absolute atomic E-state index is 0.0108. The zero-order valence-electron chi connectivity index (χ0n) is 24.5. The van der Waals surface area contributed by atoms with Crippen LogP contribution < -0.4 is 5.32 Å². The number of nitrogens with one attached hydrogen (secondary N) is 2. The molecule has 1 unspecified atom stereocenters. The maximum absolute atomic E-state index is 13.2. The number of aromatic nitrogens is 1. The van der Waals surface area contributed by atoms with Crippen LogP contribution in [0.2, 0.25) is 0 Å². The highest BCUT2D eigenvalue weighted by atomic mass is 32.2. The third-order valence-corrected chi connectivity index (χ3v) is 9.34. The molecule has 1 atom stereocenters. The quantitative estimate of drug-likeness (QED) is 0.287. The summed E-state index contributed by atoms with van der Waals surface area (Å²) in [6, 6.07) is 0. The van der Waals surface area contributed by atoms with Crippen molar-refractivity contribution in [3.63, 3.8) is 0 Å². The summed E-state index contributed by atoms with van der Waals surface area (Å²) in [5.74, 6) is -0.620. The Hall–Kier alpha value is -3.70. The molecule has 2 saturated heterocycles. The fraction of sp³-hybridized carbons (Fsp3) is 0.433. The van der Waals surface area contributed by atoms with E-state index in [0.717, 1.165) is 24.3 Å². The number of likely N-dealkylation sites (N-methyl/N-ethyl adjacent to an activating group) is 1. The number of rotatable bonds is 7. The molecule has 4 rings (SSSR count). The van der Waals surface area contributed by atoms with E-state index in [9.17, 15) is 22.8 Å². The van der Waals surface area contributed by atoms with Gasteiger partial charge in [-0.15, -0.1) is 6.58 Å². The van der Waals surface area contributed by atoms with Crippen LogP contribution in [0.3, 0.4) is 0 Å². The molecule has 0 aromatic carbocycles. The van der Waals surface area contributed by atoms with Crippen molar-refractivity contribution in [3.8, 4) is 0 Å². The summed E-state index contributed by atoms with van der Waals surface area (Å²) in [6.07, 6.45) is 7.27. The van der Waals surface area contributed by atoms with Crippen molar-refractivity contribution in [2.75, 3.05) is 46.1 Å². The number of aryl methyl sites for hydroxylation is 1. The van der Waals surface area contributed by atoms with Crippen molar-refractivity contribution in [1.82, 2.24) is 20.1 Å². The molecule has 11 heteroatoms. The molecule has 2 fully saturated rings. The Morgan fingerprint density at radius 1 is 1.20 bits per heavy atom. The zero-order chi connectivity index (χ0) is 30.5. The molecule has 10 nitrogen and oxygen atoms in total. The Balaban J connectivity index is 0.000000587. The fourth-order valence-electron chi connectivity index (χ4n) is 4.95. The van der Waals surface area contributed by atoms with E-state index in [0.29, 0.717) is 59.6 Å². The van der Waals surface area contributed by atoms with Crippen molar-refractivity contribution in [1.29, 1.82) is 0 Å². The summed E-state index contributed by atoms with van der Waals surface area (Å²) >= 11 is 0. The number of nitrogens with zero attached hydrogens (tertiary/aromatic N) is 2. The maximum Gasteiger partial charge on any atom is 0.309 e. The Kier molecular flexibility index (Phi) is 10.3. The van der Waals surface area contributed by atoms with E-state index in [1.807, 2.05) is 25.8 Å². The van der Waals surface area contributed by atoms with Crippen LogP contribution in [0.4, 0.5) is 0 Å². The van der Waals surface area contributed by atoms with Crippen LogP contribution in [0.15, 0.2) is 53.8 Å². The number of carbonyl (C=O) groups is 3. The van der Waals surface area contributed by atoms with E-state index in [4.69, 9.17) is 0 Å². The predicted octanol–water partition coefficient (Wildman–Crippen LogP) is 2.84. The fourth-order valence-corrected chi connectivity index (χ4v) is 6.58. The molecule has 2 amide bonds. The number of esters is 1. The van der Waals surface area contributed by atoms with Crippen molar-refractivity contribution >= 4 is 33.7 Å². The molecular weight excluding hydrogens is 544 g/mol. The maximum atomic E-state index is 13.2. The SMILES string of the molecule is C=C(C)CS(=O)(=O)C1C=C2C(=CC1)NC(=O)/C2=C\c1[nH]c(C)c(C(=O)N2CCN(C)CC2)c1C.C=CCC(=O)OC. The third-order valence-electron chi connectivity index (χ3n) is 7.20. The Morgan fingerprint density at radius 3 is 2.41 bits per heavy atom. The highest BCUT2D eigenvalue weighted by molar-refractivity contribution is 7.92. The van der Waals surface area contributed by atoms with E-state index in [1.165, 1.54) is 13.2 Å². The highest BCUT2D eigenvalue weighted by Crippen LogP contribution is 2.34. The first kappa shape index (κ1) is 31.8. The van der Waals surface area contributed by atoms with Gasteiger partial charge >= 0.3 is 5.97 Å². The summed E-state index contributed by atoms with van der Waals surface area (Å²) in [6.45, 7) is 15.5. The lowest BCUT2D eigenvalue weighted by atomic mass is 9.98. The molecule has 1 aromatic heterocycles. The molecule has 0 saturated carbocycles. The molecule has 2 aliphatic heterocycles. The number of piperazine rings is 1. The Labute approximate surface area is 242 Å². The van der Waals surface area contributed by atoms with Gasteiger partial charge in [0.05, 0.1) is 35.7 Å². The third kappa shape index (κ3) is 7.53. The van der Waals surface area contributed by atoms with Gasteiger partial charge in [0.25, 0.3) is 11.8 Å². The van der Waals surface area contributed by atoms with Crippen LogP contribution in [0.1, 0.15) is 47.1 Å². The lowest BCUT2D eigenvalue weighted by molar-refractivity contribution is -0.139. The Morgan fingerprint density at radius 2 is 1.85 bits per heavy atom. The van der Waals surface area contributed by atoms with Crippen molar-refractivity contribution in [3.05, 3.63) is 76.3 Å². The van der Waals surface area contributed by atoms with Gasteiger partial charge in [-0.25, -0.2) is 8.42 Å². The largest absolute Gasteiger partial charge is 0.469 e. The first-order chi connectivity index (χ1) is 19.3. The van der Waals surface area contributed by atoms with Gasteiger partial charge in [0.1, 0.15) is 0 Å². The van der Waals surface area contributed by atoms with Crippen LogP contribution >= 0.6 is 0 Å². The standard InChI is InChI=1S/C25H32N4O4S.C5H8O2/c1-15(2)14-34(32,33)18-6-7-21-19(12-18)20(24(30)27-21)13-22-16(3)23(17(4)26-22)25(31)29-10-8-28(5)9-11-29;1-3-4-5(6)7-2/h7,12-13,18,26H,1,6,8-11,14H2,2-5H3,(H,27,30);3H,1,4H2,2H3/b20-13-;. The number of H-pyrrole nitrogens is 1. The van der Waals surface area contributed by atoms with E-state index in [2.05, 4.69) is 33.1 Å². The molecule has 222 valence electrons. The molecule has 3 heterocycles. The number of sulfone groups is 1. The minimum Gasteiger partial charge on any atom is -0.469 e. The number of amides is 2. The summed E-state index contributed by atoms with van der Waals surface area (Å²) < 4.78 is 29.8. The minimum atomic E-state index is -3.42. The van der Waals surface area contributed by atoms with Crippen LogP contribution in [0.25, 0.3) is 6.08 Å². The second-order valence-electron chi connectivity index (χ2n) is 10.6. The first-order valence-electron chi connectivity index (χ1n) is 13.4. The molecule has 41 heavy (non-hydrogen) atoms. The lowest BCUT2D eigenvalue weighted by Crippen LogP contribution is -2.47. The number of methoxy groups -OCH3 is 1. The second kappa shape index (κ2) is 13.3. The van der Waals surface area contributed by atoms with Crippen LogP contribution in [0.5, 0.6) is 0 Å². The van der Waals surface area contributed by atoms with E-state index < -0.39 is 15.1 Å². The van der Waals surface area contributed by atoms with E-state index in [-0.39, 0.29) is 23.5 Å². The van der Waals surface area contributed by atoms with Crippen LogP contribution in [-0.4, -0.2) is 92.3 Å². The van der Waals surface area contributed by atoms with Crippen LogP contribution in [-0.2, 0) is 24.2 Å². The number of allylic oxidation sites excluding steroid dienone is 2. The van der Waals surface area contributed by atoms with Gasteiger partial charge in [-0.05, 0) is 45.9 Å². The lowest BCUT2D eigenvalue weighted by Gasteiger charge is -2.32. The molecule has 1 aromatic rings. The van der Waals surface area contributed by atoms with Gasteiger partial charge < -0.3 is 24.8 Å². The summed E-state index contributed by atoms with van der Waals surface area (Å²) in [5, 5.41) is 2.13. The zero-order valence-corrected chi connectivity index (χ0v) is 25.3. The number of fused-ring (bicyclic) bond motifs is 1. The smallest absolute Gasteiger partial charge is 0.309 e. The van der Waals surface area contributed by atoms with Gasteiger partial charge in [-0.2, -0.15) is 0 Å². The molecular formula is C30H40N4O6S. The van der Waals surface area contributed by atoms with Crippen molar-refractivity contribution in [2.24, 2.45) is 0 Å². The molecule has 2 N–H and O–H groups in total. The average Bonchev–Trinajstić information content (AvgIpc) is 3.37. The van der Waals surface area contributed by atoms with Gasteiger partial charge in [-0.1, -0.05) is 30.4 Å². The first-order valence-corrected chi connectivity index (χ1v) is 15.2.